The molecule has 0 saturated carbocycles. The fraction of sp³-hybridized carbons (Fsp3) is 0.278. The molecule has 0 spiro atoms. The van der Waals surface area contributed by atoms with Gasteiger partial charge >= 0.3 is 5.69 Å². The van der Waals surface area contributed by atoms with Crippen molar-refractivity contribution in [1.29, 1.82) is 0 Å². The Hall–Kier alpha value is -3.56. The Morgan fingerprint density at radius 2 is 1.82 bits per heavy atom. The van der Waals surface area contributed by atoms with Crippen LogP contribution in [0.1, 0.15) is 12.5 Å². The van der Waals surface area contributed by atoms with Crippen LogP contribution in [0.4, 0.5) is 10.3 Å². The molecule has 1 aliphatic heterocycles. The van der Waals surface area contributed by atoms with Crippen molar-refractivity contribution in [3.05, 3.63) is 56.5 Å². The quantitative estimate of drug-likeness (QED) is 0.651. The lowest BCUT2D eigenvalue weighted by molar-refractivity contribution is -0.115. The minimum Gasteiger partial charge on any atom is -0.298 e. The summed E-state index contributed by atoms with van der Waals surface area (Å²) in [6.07, 6.45) is 0. The summed E-state index contributed by atoms with van der Waals surface area (Å²) in [6.45, 7) is 1.56. The molecule has 1 aliphatic rings. The highest BCUT2D eigenvalue weighted by molar-refractivity contribution is 6.03. The summed E-state index contributed by atoms with van der Waals surface area (Å²) in [5, 5.41) is 5.89. The highest BCUT2D eigenvalue weighted by Crippen LogP contribution is 2.25. The number of nitrogens with zero attached hydrogens (tertiary/aromatic N) is 6. The van der Waals surface area contributed by atoms with Crippen LogP contribution in [0.3, 0.4) is 0 Å². The van der Waals surface area contributed by atoms with Crippen molar-refractivity contribution in [3.8, 4) is 0 Å². The largest absolute Gasteiger partial charge is 0.332 e. The van der Waals surface area contributed by atoms with Crippen LogP contribution in [-0.2, 0) is 25.4 Å². The number of benzene rings is 1. The van der Waals surface area contributed by atoms with Crippen LogP contribution in [0.2, 0.25) is 0 Å². The highest BCUT2D eigenvalue weighted by Gasteiger charge is 2.28. The van der Waals surface area contributed by atoms with Crippen LogP contribution in [0.25, 0.3) is 11.2 Å². The van der Waals surface area contributed by atoms with Gasteiger partial charge in [-0.15, -0.1) is 0 Å². The average molecular weight is 384 g/mol. The number of imidazole rings is 1. The molecule has 0 saturated heterocycles. The first-order valence-corrected chi connectivity index (χ1v) is 8.54. The Labute approximate surface area is 157 Å². The summed E-state index contributed by atoms with van der Waals surface area (Å²) in [4.78, 5) is 41.2. The second-order valence-electron chi connectivity index (χ2n) is 6.69. The molecular weight excluding hydrogens is 367 g/mol. The molecule has 28 heavy (non-hydrogen) atoms. The van der Waals surface area contributed by atoms with Gasteiger partial charge in [0.15, 0.2) is 16.9 Å². The number of hydrazone groups is 1. The van der Waals surface area contributed by atoms with Gasteiger partial charge in [-0.25, -0.2) is 14.2 Å². The van der Waals surface area contributed by atoms with Gasteiger partial charge in [0.1, 0.15) is 12.4 Å². The van der Waals surface area contributed by atoms with E-state index in [4.69, 9.17) is 0 Å². The van der Waals surface area contributed by atoms with Gasteiger partial charge in [0.25, 0.3) is 5.56 Å². The van der Waals surface area contributed by atoms with Crippen molar-refractivity contribution in [2.75, 3.05) is 11.6 Å². The lowest BCUT2D eigenvalue weighted by Gasteiger charge is -2.25. The summed E-state index contributed by atoms with van der Waals surface area (Å²) >= 11 is 0. The zero-order valence-corrected chi connectivity index (χ0v) is 15.5. The summed E-state index contributed by atoms with van der Waals surface area (Å²) in [6, 6.07) is 5.80. The zero-order chi connectivity index (χ0) is 20.2. The molecule has 144 valence electrons. The van der Waals surface area contributed by atoms with Gasteiger partial charge in [-0.05, 0) is 24.6 Å². The molecule has 3 heterocycles. The van der Waals surface area contributed by atoms with Crippen LogP contribution in [-0.4, -0.2) is 36.7 Å². The van der Waals surface area contributed by atoms with Crippen LogP contribution in [0.15, 0.2) is 39.0 Å². The molecule has 4 rings (SSSR count). The van der Waals surface area contributed by atoms with Gasteiger partial charge in [0, 0.05) is 14.1 Å². The first kappa shape index (κ1) is 17.8. The number of aryl methyl sites for hydroxylation is 1. The molecule has 3 aromatic rings. The lowest BCUT2D eigenvalue weighted by Crippen LogP contribution is -2.38. The van der Waals surface area contributed by atoms with Crippen molar-refractivity contribution in [1.82, 2.24) is 18.7 Å². The number of halogens is 1. The molecule has 0 bridgehead atoms. The number of rotatable bonds is 3. The van der Waals surface area contributed by atoms with Gasteiger partial charge < -0.3 is 0 Å². The van der Waals surface area contributed by atoms with Gasteiger partial charge in [-0.3, -0.25) is 23.3 Å². The number of ketones is 1. The topological polar surface area (TPSA) is 94.5 Å². The van der Waals surface area contributed by atoms with Crippen molar-refractivity contribution >= 4 is 28.6 Å². The van der Waals surface area contributed by atoms with E-state index in [2.05, 4.69) is 10.1 Å². The zero-order valence-electron chi connectivity index (χ0n) is 15.5. The number of hydrogen-bond acceptors (Lipinski definition) is 6. The van der Waals surface area contributed by atoms with E-state index in [-0.39, 0.29) is 35.9 Å². The van der Waals surface area contributed by atoms with E-state index in [1.54, 1.807) is 16.7 Å². The van der Waals surface area contributed by atoms with Gasteiger partial charge in [-0.2, -0.15) is 10.1 Å². The van der Waals surface area contributed by atoms with Crippen molar-refractivity contribution < 1.29 is 9.18 Å². The van der Waals surface area contributed by atoms with Crippen molar-refractivity contribution in [2.45, 2.75) is 13.5 Å². The fourth-order valence-corrected chi connectivity index (χ4v) is 3.26. The van der Waals surface area contributed by atoms with E-state index in [0.29, 0.717) is 17.2 Å². The Balaban J connectivity index is 1.98. The highest BCUT2D eigenvalue weighted by atomic mass is 19.1. The molecule has 10 heteroatoms. The second kappa shape index (κ2) is 6.25. The van der Waals surface area contributed by atoms with E-state index in [1.807, 2.05) is 0 Å². The first-order valence-electron chi connectivity index (χ1n) is 8.54. The molecule has 1 aromatic carbocycles. The molecule has 0 unspecified atom stereocenters. The standard InChI is InChI=1S/C18H17FN6O3/c1-10(26)8-25-17-20-15-14(16(27)23(3)18(28)22(15)2)24(17)9-13(21-25)11-4-6-12(19)7-5-11/h4-7H,8-9H2,1-3H3. The van der Waals surface area contributed by atoms with Crippen LogP contribution in [0, 0.1) is 5.82 Å². The van der Waals surface area contributed by atoms with E-state index in [9.17, 15) is 18.8 Å². The minimum absolute atomic E-state index is 0.0533. The third-order valence-electron chi connectivity index (χ3n) is 4.66. The van der Waals surface area contributed by atoms with Gasteiger partial charge in [0.05, 0.1) is 12.3 Å². The number of carbonyl (C=O) groups is 1. The normalized spacial score (nSPS) is 13.6. The smallest absolute Gasteiger partial charge is 0.298 e. The number of Topliss-reactive ketones (excluding diaryl/α,β-unsaturated/α-hetero) is 1. The fourth-order valence-electron chi connectivity index (χ4n) is 3.26. The van der Waals surface area contributed by atoms with Crippen molar-refractivity contribution in [3.63, 3.8) is 0 Å². The Bertz CT molecular complexity index is 1270. The lowest BCUT2D eigenvalue weighted by atomic mass is 10.1. The molecule has 0 atom stereocenters. The molecule has 2 aromatic heterocycles. The molecule has 0 amide bonds. The Kier molecular flexibility index (Phi) is 3.98. The van der Waals surface area contributed by atoms with E-state index in [0.717, 1.165) is 4.57 Å². The van der Waals surface area contributed by atoms with Crippen LogP contribution < -0.4 is 16.3 Å². The molecule has 0 N–H and O–H groups in total. The number of carbonyl (C=O) groups excluding carboxylic acids is 1. The third-order valence-corrected chi connectivity index (χ3v) is 4.66. The molecule has 0 fully saturated rings. The monoisotopic (exact) mass is 384 g/mol. The van der Waals surface area contributed by atoms with E-state index >= 15 is 0 Å². The van der Waals surface area contributed by atoms with Gasteiger partial charge in [0.2, 0.25) is 5.95 Å². The number of fused-ring (bicyclic) bond motifs is 3. The summed E-state index contributed by atoms with van der Waals surface area (Å²) in [7, 11) is 2.93. The molecule has 0 aliphatic carbocycles. The van der Waals surface area contributed by atoms with E-state index in [1.165, 1.54) is 42.7 Å². The Morgan fingerprint density at radius 3 is 2.46 bits per heavy atom. The second-order valence-corrected chi connectivity index (χ2v) is 6.69. The summed E-state index contributed by atoms with van der Waals surface area (Å²) in [5.74, 6) is -0.225. The van der Waals surface area contributed by atoms with E-state index < -0.39 is 11.2 Å². The number of hydrogen-bond donors (Lipinski definition) is 0. The number of anilines is 1. The predicted octanol–water partition coefficient (Wildman–Crippen LogP) is 0.386. The molecule has 9 nitrogen and oxygen atoms in total. The third kappa shape index (κ3) is 2.65. The molecular formula is C18H17FN6O3. The maximum Gasteiger partial charge on any atom is 0.332 e. The van der Waals surface area contributed by atoms with Crippen LogP contribution in [0.5, 0.6) is 0 Å². The first-order chi connectivity index (χ1) is 13.3. The maximum atomic E-state index is 13.3. The van der Waals surface area contributed by atoms with Crippen LogP contribution >= 0.6 is 0 Å². The SMILES string of the molecule is CC(=O)CN1N=C(c2ccc(F)cc2)Cn2c1nc1c2c(=O)n(C)c(=O)n1C. The molecule has 0 radical (unpaired) electrons. The maximum absolute atomic E-state index is 13.3. The summed E-state index contributed by atoms with van der Waals surface area (Å²) in [5.41, 5.74) is 0.675. The number of aromatic nitrogens is 4. The predicted molar refractivity (Wildman–Crippen MR) is 101 cm³/mol. The Morgan fingerprint density at radius 1 is 1.14 bits per heavy atom. The average Bonchev–Trinajstić information content (AvgIpc) is 3.05. The van der Waals surface area contributed by atoms with Gasteiger partial charge in [-0.1, -0.05) is 12.1 Å². The summed E-state index contributed by atoms with van der Waals surface area (Å²) < 4.78 is 17.2. The van der Waals surface area contributed by atoms with Crippen molar-refractivity contribution in [2.24, 2.45) is 19.2 Å². The minimum atomic E-state index is -0.495.